The van der Waals surface area contributed by atoms with Gasteiger partial charge in [0.1, 0.15) is 0 Å². The van der Waals surface area contributed by atoms with Gasteiger partial charge in [0.15, 0.2) is 0 Å². The third kappa shape index (κ3) is 25.0. The number of hydrogen-bond donors (Lipinski definition) is 0. The topological polar surface area (TPSA) is 0 Å². The Morgan fingerprint density at radius 2 is 1.09 bits per heavy atom. The molecule has 0 unspecified atom stereocenters. The third-order valence-corrected chi connectivity index (χ3v) is 1.76. The molecule has 0 fully saturated rings. The number of hydrogen-bond acceptors (Lipinski definition) is 0. The lowest BCUT2D eigenvalue weighted by Crippen LogP contribution is -1.70. The van der Waals surface area contributed by atoms with Crippen molar-refractivity contribution in [1.29, 1.82) is 0 Å². The van der Waals surface area contributed by atoms with Crippen molar-refractivity contribution in [3.8, 4) is 0 Å². The summed E-state index contributed by atoms with van der Waals surface area (Å²) in [5.41, 5.74) is 0. The summed E-state index contributed by atoms with van der Waals surface area (Å²) in [5.74, 6) is 1.37. The molecular formula is C9H20Cl2. The molecule has 0 atom stereocenters. The van der Waals surface area contributed by atoms with Gasteiger partial charge in [-0.05, 0) is 6.42 Å². The van der Waals surface area contributed by atoms with Crippen molar-refractivity contribution >= 4 is 23.2 Å². The van der Waals surface area contributed by atoms with E-state index in [9.17, 15) is 0 Å². The number of halogens is 2. The quantitative estimate of drug-likeness (QED) is 0.453. The Bertz CT molecular complexity index is 40.8. The Morgan fingerprint density at radius 1 is 0.727 bits per heavy atom. The van der Waals surface area contributed by atoms with Gasteiger partial charge in [-0.3, -0.25) is 0 Å². The molecular weight excluding hydrogens is 179 g/mol. The maximum atomic E-state index is 5.22. The van der Waals surface area contributed by atoms with Gasteiger partial charge in [-0.25, -0.2) is 0 Å². The summed E-state index contributed by atoms with van der Waals surface area (Å²) in [5, 5.41) is 0. The minimum absolute atomic E-state index is 0.684. The fourth-order valence-electron chi connectivity index (χ4n) is 0.551. The molecule has 70 valence electrons. The minimum Gasteiger partial charge on any atom is -0.127 e. The van der Waals surface area contributed by atoms with Gasteiger partial charge in [0.2, 0.25) is 0 Å². The first-order valence-corrected chi connectivity index (χ1v) is 5.52. The molecule has 0 N–H and O–H groups in total. The van der Waals surface area contributed by atoms with Crippen LogP contribution in [-0.2, 0) is 0 Å². The molecule has 0 saturated heterocycles. The standard InChI is InChI=1S/C6H14.C3H6Cl2/c1-3-5-6-4-2;4-2-1-3-5/h3-6H2,1-2H3;1-3H2. The molecule has 0 saturated carbocycles. The molecule has 0 aromatic carbocycles. The summed E-state index contributed by atoms with van der Waals surface area (Å²) in [6.07, 6.45) is 6.46. The molecule has 0 aliphatic carbocycles. The predicted molar refractivity (Wildman–Crippen MR) is 55.9 cm³/mol. The van der Waals surface area contributed by atoms with Crippen LogP contribution in [0.4, 0.5) is 0 Å². The molecule has 0 amide bonds. The Hall–Kier alpha value is 0.580. The Morgan fingerprint density at radius 3 is 1.18 bits per heavy atom. The van der Waals surface area contributed by atoms with Crippen LogP contribution in [0.1, 0.15) is 46.0 Å². The van der Waals surface area contributed by atoms with E-state index in [4.69, 9.17) is 23.2 Å². The zero-order chi connectivity index (χ0) is 8.95. The van der Waals surface area contributed by atoms with E-state index in [2.05, 4.69) is 13.8 Å². The highest BCUT2D eigenvalue weighted by Crippen LogP contribution is 1.95. The summed E-state index contributed by atoms with van der Waals surface area (Å²) in [6.45, 7) is 4.46. The van der Waals surface area contributed by atoms with E-state index in [0.29, 0.717) is 11.8 Å². The van der Waals surface area contributed by atoms with Crippen molar-refractivity contribution in [1.82, 2.24) is 0 Å². The second-order valence-electron chi connectivity index (χ2n) is 2.44. The van der Waals surface area contributed by atoms with Gasteiger partial charge in [-0.2, -0.15) is 0 Å². The van der Waals surface area contributed by atoms with Gasteiger partial charge in [-0.1, -0.05) is 39.5 Å². The molecule has 2 heteroatoms. The second kappa shape index (κ2) is 16.9. The lowest BCUT2D eigenvalue weighted by molar-refractivity contribution is 0.702. The van der Waals surface area contributed by atoms with E-state index in [1.54, 1.807) is 0 Å². The maximum Gasteiger partial charge on any atom is 0.0234 e. The van der Waals surface area contributed by atoms with Gasteiger partial charge in [-0.15, -0.1) is 23.2 Å². The summed E-state index contributed by atoms with van der Waals surface area (Å²) >= 11 is 10.4. The molecule has 0 aromatic rings. The van der Waals surface area contributed by atoms with Gasteiger partial charge in [0.25, 0.3) is 0 Å². The highest BCUT2D eigenvalue weighted by Gasteiger charge is 1.75. The summed E-state index contributed by atoms with van der Waals surface area (Å²) < 4.78 is 0. The predicted octanol–water partition coefficient (Wildman–Crippen LogP) is 4.44. The minimum atomic E-state index is 0.684. The Labute approximate surface area is 81.3 Å². The normalized spacial score (nSPS) is 8.73. The molecule has 0 nitrogen and oxygen atoms in total. The van der Waals surface area contributed by atoms with Crippen molar-refractivity contribution in [2.75, 3.05) is 11.8 Å². The zero-order valence-corrected chi connectivity index (χ0v) is 9.22. The van der Waals surface area contributed by atoms with Crippen LogP contribution >= 0.6 is 23.2 Å². The molecule has 0 heterocycles. The smallest absolute Gasteiger partial charge is 0.0234 e. The van der Waals surface area contributed by atoms with Crippen molar-refractivity contribution in [3.63, 3.8) is 0 Å². The van der Waals surface area contributed by atoms with Crippen LogP contribution in [0.2, 0.25) is 0 Å². The lowest BCUT2D eigenvalue weighted by atomic mass is 10.2. The van der Waals surface area contributed by atoms with Gasteiger partial charge >= 0.3 is 0 Å². The summed E-state index contributed by atoms with van der Waals surface area (Å²) in [6, 6.07) is 0. The first-order valence-electron chi connectivity index (χ1n) is 4.45. The van der Waals surface area contributed by atoms with Crippen LogP contribution in [0.5, 0.6) is 0 Å². The van der Waals surface area contributed by atoms with Crippen LogP contribution in [0.3, 0.4) is 0 Å². The number of unbranched alkanes of at least 4 members (excludes halogenated alkanes) is 3. The van der Waals surface area contributed by atoms with Gasteiger partial charge < -0.3 is 0 Å². The van der Waals surface area contributed by atoms with Crippen molar-refractivity contribution in [3.05, 3.63) is 0 Å². The molecule has 0 radical (unpaired) electrons. The fraction of sp³-hybridized carbons (Fsp3) is 1.00. The molecule has 0 aliphatic rings. The second-order valence-corrected chi connectivity index (χ2v) is 3.19. The van der Waals surface area contributed by atoms with Gasteiger partial charge in [0, 0.05) is 11.8 Å². The highest BCUT2D eigenvalue weighted by atomic mass is 35.5. The monoisotopic (exact) mass is 198 g/mol. The maximum absolute atomic E-state index is 5.22. The summed E-state index contributed by atoms with van der Waals surface area (Å²) in [7, 11) is 0. The SMILES string of the molecule is CCCCCC.ClCCCCl. The number of rotatable bonds is 5. The van der Waals surface area contributed by atoms with Crippen LogP contribution < -0.4 is 0 Å². The lowest BCUT2D eigenvalue weighted by Gasteiger charge is -1.86. The Balaban J connectivity index is 0. The molecule has 0 bridgehead atoms. The molecule has 0 aliphatic heterocycles. The average molecular weight is 199 g/mol. The first kappa shape index (κ1) is 14.1. The van der Waals surface area contributed by atoms with Crippen LogP contribution in [0.15, 0.2) is 0 Å². The molecule has 0 rings (SSSR count). The van der Waals surface area contributed by atoms with E-state index < -0.39 is 0 Å². The highest BCUT2D eigenvalue weighted by molar-refractivity contribution is 6.20. The van der Waals surface area contributed by atoms with Crippen LogP contribution in [0, 0.1) is 0 Å². The summed E-state index contributed by atoms with van der Waals surface area (Å²) in [4.78, 5) is 0. The Kier molecular flexibility index (Phi) is 21.7. The van der Waals surface area contributed by atoms with Crippen LogP contribution in [-0.4, -0.2) is 11.8 Å². The van der Waals surface area contributed by atoms with Crippen molar-refractivity contribution in [2.24, 2.45) is 0 Å². The zero-order valence-electron chi connectivity index (χ0n) is 7.71. The first-order chi connectivity index (χ1) is 5.33. The number of alkyl halides is 2. The molecule has 0 aromatic heterocycles. The van der Waals surface area contributed by atoms with E-state index >= 15 is 0 Å². The van der Waals surface area contributed by atoms with E-state index in [-0.39, 0.29) is 0 Å². The van der Waals surface area contributed by atoms with Crippen molar-refractivity contribution < 1.29 is 0 Å². The average Bonchev–Trinajstić information content (AvgIpc) is 2.04. The largest absolute Gasteiger partial charge is 0.127 e. The van der Waals surface area contributed by atoms with Gasteiger partial charge in [0.05, 0.1) is 0 Å². The third-order valence-electron chi connectivity index (χ3n) is 1.22. The fourth-order valence-corrected chi connectivity index (χ4v) is 0.955. The van der Waals surface area contributed by atoms with E-state index in [1.807, 2.05) is 0 Å². The molecule has 0 spiro atoms. The van der Waals surface area contributed by atoms with E-state index in [0.717, 1.165) is 6.42 Å². The molecule has 11 heavy (non-hydrogen) atoms. The van der Waals surface area contributed by atoms with Crippen molar-refractivity contribution in [2.45, 2.75) is 46.0 Å². The van der Waals surface area contributed by atoms with E-state index in [1.165, 1.54) is 25.7 Å². The van der Waals surface area contributed by atoms with Crippen LogP contribution in [0.25, 0.3) is 0 Å².